The zero-order valence-corrected chi connectivity index (χ0v) is 16.9. The molecular formula is C21H20ClFN6O. The third kappa shape index (κ3) is 6.26. The highest BCUT2D eigenvalue weighted by Gasteiger charge is 2.05. The summed E-state index contributed by atoms with van der Waals surface area (Å²) in [4.78, 5) is 20.3. The fourth-order valence-corrected chi connectivity index (χ4v) is 2.69. The maximum Gasteiger partial charge on any atom is 0.248 e. The van der Waals surface area contributed by atoms with Crippen LogP contribution in [-0.4, -0.2) is 29.5 Å². The van der Waals surface area contributed by atoms with Gasteiger partial charge in [0.2, 0.25) is 5.91 Å². The fourth-order valence-electron chi connectivity index (χ4n) is 2.51. The number of carbonyl (C=O) groups excluding carboxylic acids is 1. The van der Waals surface area contributed by atoms with Gasteiger partial charge in [-0.3, -0.25) is 4.79 Å². The summed E-state index contributed by atoms with van der Waals surface area (Å²) in [5.74, 6) is 0.345. The number of rotatable bonds is 8. The Balaban J connectivity index is 1.67. The number of aromatic nitrogens is 2. The van der Waals surface area contributed by atoms with Gasteiger partial charge in [0.25, 0.3) is 0 Å². The van der Waals surface area contributed by atoms with Crippen molar-refractivity contribution in [2.75, 3.05) is 29.5 Å². The molecule has 7 nitrogen and oxygen atoms in total. The van der Waals surface area contributed by atoms with E-state index in [1.54, 1.807) is 37.4 Å². The number of nitrogens with one attached hydrogen (secondary N) is 4. The van der Waals surface area contributed by atoms with Crippen LogP contribution in [0.2, 0.25) is 5.02 Å². The Morgan fingerprint density at radius 1 is 1.03 bits per heavy atom. The van der Waals surface area contributed by atoms with Crippen LogP contribution in [0.1, 0.15) is 0 Å². The highest BCUT2D eigenvalue weighted by atomic mass is 35.5. The zero-order valence-electron chi connectivity index (χ0n) is 16.1. The van der Waals surface area contributed by atoms with E-state index in [2.05, 4.69) is 31.2 Å². The van der Waals surface area contributed by atoms with Crippen molar-refractivity contribution in [3.63, 3.8) is 0 Å². The Labute approximate surface area is 178 Å². The average molecular weight is 427 g/mol. The number of hydrogen-bond acceptors (Lipinski definition) is 6. The number of hydrogen-bond donors (Lipinski definition) is 4. The van der Waals surface area contributed by atoms with Crippen LogP contribution < -0.4 is 21.3 Å². The summed E-state index contributed by atoms with van der Waals surface area (Å²) in [5.41, 5.74) is 1.98. The first-order valence-electron chi connectivity index (χ1n) is 9.07. The molecule has 3 rings (SSSR count). The smallest absolute Gasteiger partial charge is 0.248 e. The first-order valence-corrected chi connectivity index (χ1v) is 9.44. The molecule has 0 aliphatic rings. The number of carbonyl (C=O) groups is 1. The van der Waals surface area contributed by atoms with Gasteiger partial charge in [-0.25, -0.2) is 14.4 Å². The van der Waals surface area contributed by atoms with Crippen LogP contribution in [0.4, 0.5) is 33.1 Å². The van der Waals surface area contributed by atoms with Gasteiger partial charge in [-0.1, -0.05) is 23.7 Å². The Morgan fingerprint density at radius 2 is 1.73 bits per heavy atom. The molecular weight excluding hydrogens is 407 g/mol. The van der Waals surface area contributed by atoms with Crippen molar-refractivity contribution < 1.29 is 9.18 Å². The van der Waals surface area contributed by atoms with E-state index in [1.807, 2.05) is 12.1 Å². The lowest BCUT2D eigenvalue weighted by Crippen LogP contribution is -2.10. The van der Waals surface area contributed by atoms with Crippen molar-refractivity contribution >= 4 is 46.2 Å². The molecule has 2 aromatic carbocycles. The predicted molar refractivity (Wildman–Crippen MR) is 118 cm³/mol. The van der Waals surface area contributed by atoms with Crippen LogP contribution in [-0.2, 0) is 4.79 Å². The Hall–Kier alpha value is -3.49. The molecule has 0 unspecified atom stereocenters. The number of anilines is 5. The third-order valence-corrected chi connectivity index (χ3v) is 4.14. The quantitative estimate of drug-likeness (QED) is 0.397. The number of likely N-dealkylation sites (N-methyl/N-ethyl adjacent to an activating group) is 1. The monoisotopic (exact) mass is 426 g/mol. The van der Waals surface area contributed by atoms with Crippen molar-refractivity contribution in [1.29, 1.82) is 0 Å². The second kappa shape index (κ2) is 10.3. The standard InChI is InChI=1S/C21H20ClFN6O/c1-24-9-3-6-21(30)29-15-5-2-4-14(10-15)27-19-12-20(26-13-25-19)28-16-7-8-18(23)17(22)11-16/h2-8,10-13,24H,9H2,1H3,(H,29,30)(H2,25,26,27,28). The number of nitrogens with zero attached hydrogens (tertiary/aromatic N) is 2. The molecule has 0 bridgehead atoms. The summed E-state index contributed by atoms with van der Waals surface area (Å²) in [6, 6.07) is 13.3. The van der Waals surface area contributed by atoms with Crippen molar-refractivity contribution in [2.45, 2.75) is 0 Å². The SMILES string of the molecule is CNCC=CC(=O)Nc1cccc(Nc2cc(Nc3ccc(F)c(Cl)c3)ncn2)c1. The summed E-state index contributed by atoms with van der Waals surface area (Å²) in [5, 5.41) is 12.0. The van der Waals surface area contributed by atoms with E-state index in [4.69, 9.17) is 11.6 Å². The van der Waals surface area contributed by atoms with Crippen LogP contribution in [0, 0.1) is 5.82 Å². The molecule has 1 heterocycles. The van der Waals surface area contributed by atoms with Crippen molar-refractivity contribution in [2.24, 2.45) is 0 Å². The molecule has 0 aliphatic carbocycles. The van der Waals surface area contributed by atoms with Crippen LogP contribution in [0.15, 0.2) is 67.0 Å². The van der Waals surface area contributed by atoms with Gasteiger partial charge in [0.05, 0.1) is 5.02 Å². The first kappa shape index (κ1) is 21.2. The van der Waals surface area contributed by atoms with Crippen LogP contribution >= 0.6 is 11.6 Å². The number of amides is 1. The van der Waals surface area contributed by atoms with E-state index < -0.39 is 5.82 Å². The summed E-state index contributed by atoms with van der Waals surface area (Å²) >= 11 is 5.81. The summed E-state index contributed by atoms with van der Waals surface area (Å²) in [6.07, 6.45) is 4.61. The lowest BCUT2D eigenvalue weighted by Gasteiger charge is -2.10. The fraction of sp³-hybridized carbons (Fsp3) is 0.0952. The number of halogens is 2. The van der Waals surface area contributed by atoms with Crippen molar-refractivity contribution in [3.05, 3.63) is 77.9 Å². The van der Waals surface area contributed by atoms with Crippen molar-refractivity contribution in [1.82, 2.24) is 15.3 Å². The minimum Gasteiger partial charge on any atom is -0.340 e. The van der Waals surface area contributed by atoms with Crippen molar-refractivity contribution in [3.8, 4) is 0 Å². The van der Waals surface area contributed by atoms with Gasteiger partial charge in [-0.05, 0) is 43.4 Å². The van der Waals surface area contributed by atoms with E-state index in [1.165, 1.54) is 24.5 Å². The molecule has 0 atom stereocenters. The minimum atomic E-state index is -0.489. The van der Waals surface area contributed by atoms with Gasteiger partial charge in [0.15, 0.2) is 0 Å². The van der Waals surface area contributed by atoms with E-state index >= 15 is 0 Å². The third-order valence-electron chi connectivity index (χ3n) is 3.85. The van der Waals surface area contributed by atoms with E-state index in [9.17, 15) is 9.18 Å². The molecule has 30 heavy (non-hydrogen) atoms. The molecule has 9 heteroatoms. The highest BCUT2D eigenvalue weighted by molar-refractivity contribution is 6.31. The normalized spacial score (nSPS) is 10.8. The molecule has 154 valence electrons. The van der Waals surface area contributed by atoms with Gasteiger partial charge in [0.1, 0.15) is 23.8 Å². The first-order chi connectivity index (χ1) is 14.5. The molecule has 3 aromatic rings. The molecule has 0 saturated heterocycles. The lowest BCUT2D eigenvalue weighted by molar-refractivity contribution is -0.111. The summed E-state index contributed by atoms with van der Waals surface area (Å²) < 4.78 is 13.3. The van der Waals surface area contributed by atoms with E-state index in [-0.39, 0.29) is 10.9 Å². The minimum absolute atomic E-state index is 0.0204. The van der Waals surface area contributed by atoms with Crippen LogP contribution in [0.25, 0.3) is 0 Å². The predicted octanol–water partition coefficient (Wildman–Crippen LogP) is 4.47. The molecule has 0 radical (unpaired) electrons. The molecule has 0 spiro atoms. The van der Waals surface area contributed by atoms with E-state index in [0.29, 0.717) is 29.6 Å². The Morgan fingerprint density at radius 3 is 2.43 bits per heavy atom. The number of benzene rings is 2. The van der Waals surface area contributed by atoms with Crippen LogP contribution in [0.3, 0.4) is 0 Å². The topological polar surface area (TPSA) is 91.0 Å². The zero-order chi connectivity index (χ0) is 21.3. The molecule has 4 N–H and O–H groups in total. The Kier molecular flexibility index (Phi) is 7.31. The largest absolute Gasteiger partial charge is 0.340 e. The van der Waals surface area contributed by atoms with Gasteiger partial charge in [-0.15, -0.1) is 0 Å². The van der Waals surface area contributed by atoms with Gasteiger partial charge < -0.3 is 21.3 Å². The Bertz CT molecular complexity index is 1060. The second-order valence-electron chi connectivity index (χ2n) is 6.20. The van der Waals surface area contributed by atoms with Gasteiger partial charge in [-0.2, -0.15) is 0 Å². The molecule has 0 fully saturated rings. The lowest BCUT2D eigenvalue weighted by atomic mass is 10.2. The summed E-state index contributed by atoms with van der Waals surface area (Å²) in [6.45, 7) is 0.614. The van der Waals surface area contributed by atoms with Gasteiger partial charge in [0, 0.05) is 35.7 Å². The second-order valence-corrected chi connectivity index (χ2v) is 6.60. The molecule has 0 saturated carbocycles. The molecule has 1 amide bonds. The van der Waals surface area contributed by atoms with Gasteiger partial charge >= 0.3 is 0 Å². The maximum absolute atomic E-state index is 13.3. The highest BCUT2D eigenvalue weighted by Crippen LogP contribution is 2.24. The van der Waals surface area contributed by atoms with Crippen LogP contribution in [0.5, 0.6) is 0 Å². The van der Waals surface area contributed by atoms with E-state index in [0.717, 1.165) is 5.69 Å². The molecule has 0 aliphatic heterocycles. The maximum atomic E-state index is 13.3. The average Bonchev–Trinajstić information content (AvgIpc) is 2.71. The molecule has 1 aromatic heterocycles. The summed E-state index contributed by atoms with van der Waals surface area (Å²) in [7, 11) is 1.81.